The van der Waals surface area contributed by atoms with E-state index < -0.39 is 0 Å². The van der Waals surface area contributed by atoms with Gasteiger partial charge in [0.1, 0.15) is 0 Å². The summed E-state index contributed by atoms with van der Waals surface area (Å²) in [6.45, 7) is 0. The molecule has 0 unspecified atom stereocenters. The minimum absolute atomic E-state index is 0. The predicted octanol–water partition coefficient (Wildman–Crippen LogP) is 1.92. The van der Waals surface area contributed by atoms with Gasteiger partial charge in [0, 0.05) is 10.8 Å². The van der Waals surface area contributed by atoms with Crippen molar-refractivity contribution in [1.29, 1.82) is 5.26 Å². The fourth-order valence-corrected chi connectivity index (χ4v) is 1.06. The van der Waals surface area contributed by atoms with Crippen LogP contribution in [0.5, 0.6) is 0 Å². The van der Waals surface area contributed by atoms with Crippen molar-refractivity contribution >= 4 is 23.2 Å². The van der Waals surface area contributed by atoms with Gasteiger partial charge >= 0.3 is 0 Å². The summed E-state index contributed by atoms with van der Waals surface area (Å²) in [4.78, 5) is 0. The van der Waals surface area contributed by atoms with Gasteiger partial charge in [-0.1, -0.05) is 6.07 Å². The van der Waals surface area contributed by atoms with E-state index in [2.05, 4.69) is 16.3 Å². The molecule has 13 heavy (non-hydrogen) atoms. The molecule has 0 N–H and O–H groups in total. The first-order chi connectivity index (χ1) is 5.90. The number of aromatic nitrogens is 2. The summed E-state index contributed by atoms with van der Waals surface area (Å²) < 4.78 is 0. The molecule has 0 saturated heterocycles. The van der Waals surface area contributed by atoms with E-state index in [0.717, 1.165) is 10.8 Å². The Labute approximate surface area is 81.4 Å². The SMILES string of the molecule is Cl.N#Cc1ccc2cnncc2c1. The Morgan fingerprint density at radius 3 is 2.46 bits per heavy atom. The zero-order valence-electron chi connectivity index (χ0n) is 6.64. The van der Waals surface area contributed by atoms with Gasteiger partial charge in [-0.3, -0.25) is 0 Å². The summed E-state index contributed by atoms with van der Waals surface area (Å²) in [6, 6.07) is 7.50. The third-order valence-corrected chi connectivity index (χ3v) is 1.68. The highest BCUT2D eigenvalue weighted by atomic mass is 35.5. The highest BCUT2D eigenvalue weighted by molar-refractivity contribution is 5.85. The second-order valence-electron chi connectivity index (χ2n) is 2.44. The molecule has 2 rings (SSSR count). The van der Waals surface area contributed by atoms with E-state index in [9.17, 15) is 0 Å². The van der Waals surface area contributed by atoms with Gasteiger partial charge in [0.15, 0.2) is 0 Å². The fraction of sp³-hybridized carbons (Fsp3) is 0. The Bertz CT molecular complexity index is 462. The highest BCUT2D eigenvalue weighted by Crippen LogP contribution is 2.12. The molecule has 0 radical (unpaired) electrons. The number of hydrogen-bond acceptors (Lipinski definition) is 3. The standard InChI is InChI=1S/C9H5N3.ClH/c10-4-7-1-2-8-5-11-12-6-9(8)3-7;/h1-3,5-6H;1H. The van der Waals surface area contributed by atoms with Gasteiger partial charge in [0.05, 0.1) is 24.0 Å². The Morgan fingerprint density at radius 2 is 1.77 bits per heavy atom. The van der Waals surface area contributed by atoms with E-state index in [1.807, 2.05) is 6.07 Å². The van der Waals surface area contributed by atoms with E-state index in [1.165, 1.54) is 0 Å². The number of nitriles is 1. The quantitative estimate of drug-likeness (QED) is 0.639. The molecule has 1 heterocycles. The molecule has 64 valence electrons. The molecule has 0 aliphatic carbocycles. The van der Waals surface area contributed by atoms with Crippen LogP contribution < -0.4 is 0 Å². The fourth-order valence-electron chi connectivity index (χ4n) is 1.06. The summed E-state index contributed by atoms with van der Waals surface area (Å²) in [5.41, 5.74) is 0.649. The minimum atomic E-state index is 0. The van der Waals surface area contributed by atoms with Gasteiger partial charge in [-0.25, -0.2) is 0 Å². The lowest BCUT2D eigenvalue weighted by Gasteiger charge is -1.94. The molecule has 2 aromatic rings. The third-order valence-electron chi connectivity index (χ3n) is 1.68. The van der Waals surface area contributed by atoms with Gasteiger partial charge in [-0.15, -0.1) is 12.4 Å². The van der Waals surface area contributed by atoms with E-state index in [0.29, 0.717) is 5.56 Å². The van der Waals surface area contributed by atoms with Crippen molar-refractivity contribution in [1.82, 2.24) is 10.2 Å². The summed E-state index contributed by atoms with van der Waals surface area (Å²) in [5, 5.41) is 18.0. The molecule has 0 fully saturated rings. The van der Waals surface area contributed by atoms with Gasteiger partial charge in [-0.05, 0) is 12.1 Å². The number of halogens is 1. The molecule has 1 aromatic heterocycles. The number of fused-ring (bicyclic) bond motifs is 1. The molecule has 0 aliphatic rings. The zero-order chi connectivity index (χ0) is 8.39. The molecule has 0 saturated carbocycles. The van der Waals surface area contributed by atoms with E-state index in [4.69, 9.17) is 5.26 Å². The van der Waals surface area contributed by atoms with Crippen molar-refractivity contribution in [3.8, 4) is 6.07 Å². The third kappa shape index (κ3) is 1.74. The zero-order valence-corrected chi connectivity index (χ0v) is 7.45. The van der Waals surface area contributed by atoms with Gasteiger partial charge in [-0.2, -0.15) is 15.5 Å². The molecule has 3 nitrogen and oxygen atoms in total. The Kier molecular flexibility index (Phi) is 2.78. The smallest absolute Gasteiger partial charge is 0.0991 e. The van der Waals surface area contributed by atoms with Crippen molar-refractivity contribution in [2.75, 3.05) is 0 Å². The first-order valence-electron chi connectivity index (χ1n) is 3.51. The number of hydrogen-bond donors (Lipinski definition) is 0. The molecule has 0 atom stereocenters. The second kappa shape index (κ2) is 3.83. The summed E-state index contributed by atoms with van der Waals surface area (Å²) in [5.74, 6) is 0. The largest absolute Gasteiger partial charge is 0.192 e. The van der Waals surface area contributed by atoms with Crippen LogP contribution in [-0.4, -0.2) is 10.2 Å². The normalized spacial score (nSPS) is 8.85. The van der Waals surface area contributed by atoms with E-state index >= 15 is 0 Å². The number of nitrogens with zero attached hydrogens (tertiary/aromatic N) is 3. The Balaban J connectivity index is 0.000000845. The van der Waals surface area contributed by atoms with Crippen molar-refractivity contribution < 1.29 is 0 Å². The van der Waals surface area contributed by atoms with Crippen molar-refractivity contribution in [2.24, 2.45) is 0 Å². The van der Waals surface area contributed by atoms with Crippen LogP contribution in [0.4, 0.5) is 0 Å². The minimum Gasteiger partial charge on any atom is -0.192 e. The average Bonchev–Trinajstić information content (AvgIpc) is 2.17. The van der Waals surface area contributed by atoms with Crippen LogP contribution in [0.1, 0.15) is 5.56 Å². The first-order valence-corrected chi connectivity index (χ1v) is 3.51. The van der Waals surface area contributed by atoms with Crippen molar-refractivity contribution in [2.45, 2.75) is 0 Å². The molecule has 0 spiro atoms. The first kappa shape index (κ1) is 9.43. The molecular weight excluding hydrogens is 186 g/mol. The monoisotopic (exact) mass is 191 g/mol. The lowest BCUT2D eigenvalue weighted by Crippen LogP contribution is -1.81. The maximum atomic E-state index is 8.61. The summed E-state index contributed by atoms with van der Waals surface area (Å²) >= 11 is 0. The summed E-state index contributed by atoms with van der Waals surface area (Å²) in [7, 11) is 0. The van der Waals surface area contributed by atoms with E-state index in [-0.39, 0.29) is 12.4 Å². The molecular formula is C9H6ClN3. The molecule has 0 bridgehead atoms. The predicted molar refractivity (Wildman–Crippen MR) is 51.5 cm³/mol. The Morgan fingerprint density at radius 1 is 1.08 bits per heavy atom. The lowest BCUT2D eigenvalue weighted by molar-refractivity contribution is 1.05. The van der Waals surface area contributed by atoms with Crippen LogP contribution in [0.3, 0.4) is 0 Å². The van der Waals surface area contributed by atoms with Gasteiger partial charge in [0.25, 0.3) is 0 Å². The average molecular weight is 192 g/mol. The van der Waals surface area contributed by atoms with Crippen molar-refractivity contribution in [3.05, 3.63) is 36.2 Å². The topological polar surface area (TPSA) is 49.6 Å². The lowest BCUT2D eigenvalue weighted by atomic mass is 10.1. The maximum Gasteiger partial charge on any atom is 0.0991 e. The van der Waals surface area contributed by atoms with E-state index in [1.54, 1.807) is 24.5 Å². The highest BCUT2D eigenvalue weighted by Gasteiger charge is 1.94. The second-order valence-corrected chi connectivity index (χ2v) is 2.44. The van der Waals surface area contributed by atoms with Gasteiger partial charge < -0.3 is 0 Å². The van der Waals surface area contributed by atoms with Crippen LogP contribution in [0.25, 0.3) is 10.8 Å². The number of rotatable bonds is 0. The van der Waals surface area contributed by atoms with Gasteiger partial charge in [0.2, 0.25) is 0 Å². The van der Waals surface area contributed by atoms with Crippen LogP contribution >= 0.6 is 12.4 Å². The molecule has 1 aromatic carbocycles. The molecule has 0 aliphatic heterocycles. The summed E-state index contributed by atoms with van der Waals surface area (Å²) in [6.07, 6.45) is 3.33. The van der Waals surface area contributed by atoms with Crippen LogP contribution in [0, 0.1) is 11.3 Å². The van der Waals surface area contributed by atoms with Crippen LogP contribution in [-0.2, 0) is 0 Å². The molecule has 4 heteroatoms. The number of benzene rings is 1. The maximum absolute atomic E-state index is 8.61. The van der Waals surface area contributed by atoms with Crippen molar-refractivity contribution in [3.63, 3.8) is 0 Å². The Hall–Kier alpha value is -1.66. The van der Waals surface area contributed by atoms with Crippen LogP contribution in [0.2, 0.25) is 0 Å². The molecule has 0 amide bonds. The van der Waals surface area contributed by atoms with Crippen LogP contribution in [0.15, 0.2) is 30.6 Å².